The van der Waals surface area contributed by atoms with Crippen LogP contribution in [0.15, 0.2) is 18.2 Å². The van der Waals surface area contributed by atoms with E-state index in [9.17, 15) is 0 Å². The summed E-state index contributed by atoms with van der Waals surface area (Å²) in [5.41, 5.74) is 8.43. The van der Waals surface area contributed by atoms with Gasteiger partial charge in [-0.1, -0.05) is 12.1 Å². The Bertz CT molecular complexity index is 384. The maximum absolute atomic E-state index is 5.91. The lowest BCUT2D eigenvalue weighted by Gasteiger charge is -2.27. The van der Waals surface area contributed by atoms with E-state index in [0.29, 0.717) is 12.1 Å². The predicted molar refractivity (Wildman–Crippen MR) is 74.8 cm³/mol. The highest BCUT2D eigenvalue weighted by Crippen LogP contribution is 2.20. The predicted octanol–water partition coefficient (Wildman–Crippen LogP) is 2.36. The summed E-state index contributed by atoms with van der Waals surface area (Å²) in [7, 11) is 1.71. The number of hydrogen-bond donors (Lipinski definition) is 2. The average Bonchev–Trinajstić information content (AvgIpc) is 2.38. The number of nitrogens with two attached hydrogens (primary N) is 1. The minimum absolute atomic E-state index is 0.422. The van der Waals surface area contributed by atoms with Gasteiger partial charge in [0.25, 0.3) is 0 Å². The van der Waals surface area contributed by atoms with Gasteiger partial charge in [-0.2, -0.15) is 0 Å². The molecule has 1 fully saturated rings. The number of ether oxygens (including phenoxy) is 1. The average molecular weight is 248 g/mol. The molecule has 1 aliphatic rings. The molecule has 0 radical (unpaired) electrons. The molecule has 0 bridgehead atoms. The maximum Gasteiger partial charge on any atom is 0.121 e. The van der Waals surface area contributed by atoms with Gasteiger partial charge in [-0.05, 0) is 49.8 Å². The summed E-state index contributed by atoms with van der Waals surface area (Å²) < 4.78 is 5.27. The summed E-state index contributed by atoms with van der Waals surface area (Å²) in [6.45, 7) is 3.02. The molecule has 1 aromatic rings. The second-order valence-electron chi connectivity index (χ2n) is 5.30. The van der Waals surface area contributed by atoms with Crippen molar-refractivity contribution >= 4 is 0 Å². The highest BCUT2D eigenvalue weighted by Gasteiger charge is 2.17. The van der Waals surface area contributed by atoms with Gasteiger partial charge >= 0.3 is 0 Å². The monoisotopic (exact) mass is 248 g/mol. The molecule has 0 aliphatic heterocycles. The van der Waals surface area contributed by atoms with Crippen LogP contribution < -0.4 is 15.8 Å². The smallest absolute Gasteiger partial charge is 0.121 e. The Hall–Kier alpha value is -1.06. The summed E-state index contributed by atoms with van der Waals surface area (Å²) in [6, 6.07) is 7.43. The quantitative estimate of drug-likeness (QED) is 0.860. The first-order valence-electron chi connectivity index (χ1n) is 6.81. The number of methoxy groups -OCH3 is 1. The van der Waals surface area contributed by atoms with Crippen LogP contribution in [-0.4, -0.2) is 19.2 Å². The summed E-state index contributed by atoms with van der Waals surface area (Å²) >= 11 is 0. The van der Waals surface area contributed by atoms with E-state index in [2.05, 4.69) is 24.4 Å². The molecule has 100 valence electrons. The molecule has 18 heavy (non-hydrogen) atoms. The molecule has 3 nitrogen and oxygen atoms in total. The van der Waals surface area contributed by atoms with E-state index in [4.69, 9.17) is 10.5 Å². The van der Waals surface area contributed by atoms with E-state index in [-0.39, 0.29) is 0 Å². The zero-order chi connectivity index (χ0) is 13.0. The molecular formula is C15H24N2O. The van der Waals surface area contributed by atoms with Crippen LogP contribution in [0.3, 0.4) is 0 Å². The molecular weight excluding hydrogens is 224 g/mol. The highest BCUT2D eigenvalue weighted by atomic mass is 16.5. The largest absolute Gasteiger partial charge is 0.496 e. The molecule has 2 rings (SSSR count). The molecule has 0 unspecified atom stereocenters. The van der Waals surface area contributed by atoms with E-state index in [0.717, 1.165) is 25.1 Å². The third-order valence-corrected chi connectivity index (χ3v) is 3.83. The minimum Gasteiger partial charge on any atom is -0.496 e. The first-order chi connectivity index (χ1) is 8.69. The third-order valence-electron chi connectivity index (χ3n) is 3.83. The van der Waals surface area contributed by atoms with Crippen molar-refractivity contribution in [1.29, 1.82) is 0 Å². The van der Waals surface area contributed by atoms with Gasteiger partial charge < -0.3 is 15.8 Å². The fourth-order valence-corrected chi connectivity index (χ4v) is 2.64. The van der Waals surface area contributed by atoms with E-state index in [1.165, 1.54) is 24.0 Å². The first kappa shape index (κ1) is 13.4. The number of benzene rings is 1. The van der Waals surface area contributed by atoms with Gasteiger partial charge in [0, 0.05) is 18.6 Å². The Morgan fingerprint density at radius 1 is 1.28 bits per heavy atom. The Labute approximate surface area is 110 Å². The molecule has 3 N–H and O–H groups in total. The molecule has 1 saturated carbocycles. The Balaban J connectivity index is 1.84. The Morgan fingerprint density at radius 2 is 2.00 bits per heavy atom. The lowest BCUT2D eigenvalue weighted by molar-refractivity contribution is 0.341. The van der Waals surface area contributed by atoms with Crippen molar-refractivity contribution in [1.82, 2.24) is 5.32 Å². The summed E-state index contributed by atoms with van der Waals surface area (Å²) in [5.74, 6) is 0.961. The van der Waals surface area contributed by atoms with Crippen molar-refractivity contribution in [3.8, 4) is 5.75 Å². The van der Waals surface area contributed by atoms with Crippen molar-refractivity contribution in [2.24, 2.45) is 5.73 Å². The van der Waals surface area contributed by atoms with Crippen LogP contribution in [0.4, 0.5) is 0 Å². The van der Waals surface area contributed by atoms with E-state index in [1.807, 2.05) is 6.07 Å². The van der Waals surface area contributed by atoms with Crippen molar-refractivity contribution in [2.45, 2.75) is 51.2 Å². The maximum atomic E-state index is 5.91. The lowest BCUT2D eigenvalue weighted by atomic mass is 9.92. The van der Waals surface area contributed by atoms with Crippen LogP contribution in [0.2, 0.25) is 0 Å². The van der Waals surface area contributed by atoms with E-state index >= 15 is 0 Å². The van der Waals surface area contributed by atoms with Crippen LogP contribution in [0.25, 0.3) is 0 Å². The molecule has 0 atom stereocenters. The Kier molecular flexibility index (Phi) is 4.61. The standard InChI is InChI=1S/C15H24N2O/c1-11-9-12(3-8-15(11)18-2)10-17-14-6-4-13(16)5-7-14/h3,8-9,13-14,17H,4-7,10,16H2,1-2H3. The third kappa shape index (κ3) is 3.47. The van der Waals surface area contributed by atoms with E-state index < -0.39 is 0 Å². The number of hydrogen-bond acceptors (Lipinski definition) is 3. The van der Waals surface area contributed by atoms with Crippen LogP contribution in [0, 0.1) is 6.92 Å². The second-order valence-corrected chi connectivity index (χ2v) is 5.30. The van der Waals surface area contributed by atoms with Gasteiger partial charge in [-0.3, -0.25) is 0 Å². The van der Waals surface area contributed by atoms with Crippen LogP contribution in [0.1, 0.15) is 36.8 Å². The topological polar surface area (TPSA) is 47.3 Å². The Morgan fingerprint density at radius 3 is 2.61 bits per heavy atom. The van der Waals surface area contributed by atoms with Gasteiger partial charge in [0.2, 0.25) is 0 Å². The highest BCUT2D eigenvalue weighted by molar-refractivity contribution is 5.36. The zero-order valence-corrected chi connectivity index (χ0v) is 11.4. The number of aryl methyl sites for hydroxylation is 1. The molecule has 0 aromatic heterocycles. The summed E-state index contributed by atoms with van der Waals surface area (Å²) in [6.07, 6.45) is 4.71. The van der Waals surface area contributed by atoms with Gasteiger partial charge in [0.05, 0.1) is 7.11 Å². The van der Waals surface area contributed by atoms with Crippen LogP contribution >= 0.6 is 0 Å². The lowest BCUT2D eigenvalue weighted by Crippen LogP contribution is -2.37. The molecule has 1 aliphatic carbocycles. The molecule has 0 heterocycles. The van der Waals surface area contributed by atoms with Crippen molar-refractivity contribution in [3.63, 3.8) is 0 Å². The van der Waals surface area contributed by atoms with Crippen molar-refractivity contribution in [3.05, 3.63) is 29.3 Å². The fourth-order valence-electron chi connectivity index (χ4n) is 2.64. The minimum atomic E-state index is 0.422. The van der Waals surface area contributed by atoms with E-state index in [1.54, 1.807) is 7.11 Å². The van der Waals surface area contributed by atoms with Gasteiger partial charge in [-0.25, -0.2) is 0 Å². The molecule has 0 spiro atoms. The van der Waals surface area contributed by atoms with Gasteiger partial charge in [-0.15, -0.1) is 0 Å². The SMILES string of the molecule is COc1ccc(CNC2CCC(N)CC2)cc1C. The number of nitrogens with one attached hydrogen (secondary N) is 1. The van der Waals surface area contributed by atoms with Crippen LogP contribution in [0.5, 0.6) is 5.75 Å². The fraction of sp³-hybridized carbons (Fsp3) is 0.600. The molecule has 0 amide bonds. The van der Waals surface area contributed by atoms with Crippen molar-refractivity contribution in [2.75, 3.05) is 7.11 Å². The zero-order valence-electron chi connectivity index (χ0n) is 11.4. The second kappa shape index (κ2) is 6.21. The molecule has 1 aromatic carbocycles. The molecule has 0 saturated heterocycles. The number of rotatable bonds is 4. The summed E-state index contributed by atoms with van der Waals surface area (Å²) in [5, 5.41) is 3.63. The normalized spacial score (nSPS) is 23.9. The van der Waals surface area contributed by atoms with Gasteiger partial charge in [0.1, 0.15) is 5.75 Å². The molecule has 3 heteroatoms. The summed E-state index contributed by atoms with van der Waals surface area (Å²) in [4.78, 5) is 0. The first-order valence-corrected chi connectivity index (χ1v) is 6.81. The van der Waals surface area contributed by atoms with Crippen molar-refractivity contribution < 1.29 is 4.74 Å². The van der Waals surface area contributed by atoms with Crippen LogP contribution in [-0.2, 0) is 6.54 Å². The van der Waals surface area contributed by atoms with Gasteiger partial charge in [0.15, 0.2) is 0 Å².